The van der Waals surface area contributed by atoms with Crippen LogP contribution in [0.25, 0.3) is 0 Å². The lowest BCUT2D eigenvalue weighted by Crippen LogP contribution is -2.68. The van der Waals surface area contributed by atoms with Crippen molar-refractivity contribution >= 4 is 11.8 Å². The van der Waals surface area contributed by atoms with Gasteiger partial charge in [0.05, 0.1) is 17.8 Å². The highest BCUT2D eigenvalue weighted by atomic mass is 16.7. The molecule has 0 aromatic rings. The van der Waals surface area contributed by atoms with Crippen LogP contribution in [0, 0.1) is 45.3 Å². The Morgan fingerprint density at radius 1 is 1.14 bits per heavy atom. The van der Waals surface area contributed by atoms with E-state index in [-0.39, 0.29) is 35.4 Å². The van der Waals surface area contributed by atoms with E-state index in [4.69, 9.17) is 18.9 Å². The van der Waals surface area contributed by atoms with E-state index in [9.17, 15) is 19.8 Å². The van der Waals surface area contributed by atoms with Crippen LogP contribution in [0.2, 0.25) is 0 Å². The van der Waals surface area contributed by atoms with Gasteiger partial charge in [-0.15, -0.1) is 0 Å². The molecule has 236 valence electrons. The number of ether oxygens (including phenoxy) is 4. The van der Waals surface area contributed by atoms with E-state index >= 15 is 0 Å². The van der Waals surface area contributed by atoms with Crippen LogP contribution in [0.15, 0.2) is 23.8 Å². The number of carbonyl (C=O) groups excluding carboxylic acids is 2. The van der Waals surface area contributed by atoms with Crippen LogP contribution < -0.4 is 0 Å². The zero-order valence-electron chi connectivity index (χ0n) is 27.1. The van der Waals surface area contributed by atoms with Gasteiger partial charge in [-0.25, -0.2) is 0 Å². The maximum absolute atomic E-state index is 13.0. The fraction of sp³-hybridized carbons (Fsp3) is 0.824. The number of methoxy groups -OCH3 is 2. The van der Waals surface area contributed by atoms with E-state index in [1.54, 1.807) is 20.3 Å². The summed E-state index contributed by atoms with van der Waals surface area (Å²) in [6.45, 7) is 15.7. The Hall–Kier alpha value is -1.58. The van der Waals surface area contributed by atoms with Crippen molar-refractivity contribution in [3.05, 3.63) is 23.8 Å². The Bertz CT molecular complexity index is 1170. The molecule has 4 aliphatic carbocycles. The molecule has 2 N–H and O–H groups in total. The van der Waals surface area contributed by atoms with E-state index in [1.165, 1.54) is 12.5 Å². The lowest BCUT2D eigenvalue weighted by molar-refractivity contribution is -0.213. The second kappa shape index (κ2) is 10.2. The molecule has 0 unspecified atom stereocenters. The minimum absolute atomic E-state index is 0.0191. The lowest BCUT2D eigenvalue weighted by Gasteiger charge is -2.67. The summed E-state index contributed by atoms with van der Waals surface area (Å²) in [5.74, 6) is -0.496. The summed E-state index contributed by atoms with van der Waals surface area (Å²) in [6, 6.07) is 0. The molecule has 1 heterocycles. The summed E-state index contributed by atoms with van der Waals surface area (Å²) >= 11 is 0. The molecule has 0 aromatic heterocycles. The smallest absolute Gasteiger partial charge is 0.302 e. The summed E-state index contributed by atoms with van der Waals surface area (Å²) in [6.07, 6.45) is 5.58. The molecule has 0 aromatic carbocycles. The van der Waals surface area contributed by atoms with Crippen LogP contribution in [0.3, 0.4) is 0 Å². The molecule has 8 nitrogen and oxygen atoms in total. The second-order valence-electron chi connectivity index (χ2n) is 15.5. The van der Waals surface area contributed by atoms with Crippen LogP contribution in [-0.4, -0.2) is 72.5 Å². The first-order valence-corrected chi connectivity index (χ1v) is 15.6. The highest BCUT2D eigenvalue weighted by molar-refractivity contribution is 5.95. The van der Waals surface area contributed by atoms with Gasteiger partial charge in [-0.05, 0) is 68.3 Å². The molecule has 8 heteroatoms. The minimum Gasteiger partial charge on any atom is -0.462 e. The first-order valence-electron chi connectivity index (χ1n) is 15.6. The van der Waals surface area contributed by atoms with E-state index in [0.29, 0.717) is 19.3 Å². The molecular formula is C34H52O8. The largest absolute Gasteiger partial charge is 0.462 e. The molecule has 3 fully saturated rings. The summed E-state index contributed by atoms with van der Waals surface area (Å²) in [5, 5.41) is 23.3. The van der Waals surface area contributed by atoms with Gasteiger partial charge in [0.1, 0.15) is 12.2 Å². The van der Waals surface area contributed by atoms with Crippen molar-refractivity contribution in [2.75, 3.05) is 14.2 Å². The number of aliphatic hydroxyl groups excluding tert-OH is 2. The van der Waals surface area contributed by atoms with Crippen LogP contribution in [0.1, 0.15) is 81.1 Å². The number of hydrogen-bond donors (Lipinski definition) is 2. The summed E-state index contributed by atoms with van der Waals surface area (Å²) in [4.78, 5) is 25.7. The van der Waals surface area contributed by atoms with Gasteiger partial charge in [0.15, 0.2) is 12.1 Å². The molecule has 0 radical (unpaired) electrons. The second-order valence-corrected chi connectivity index (χ2v) is 15.5. The normalized spacial score (nSPS) is 46.9. The van der Waals surface area contributed by atoms with Crippen molar-refractivity contribution in [2.24, 2.45) is 45.3 Å². The predicted molar refractivity (Wildman–Crippen MR) is 157 cm³/mol. The highest BCUT2D eigenvalue weighted by Gasteiger charge is 2.71. The van der Waals surface area contributed by atoms with Gasteiger partial charge in [-0.1, -0.05) is 52.3 Å². The van der Waals surface area contributed by atoms with Crippen molar-refractivity contribution in [3.8, 4) is 0 Å². The van der Waals surface area contributed by atoms with Crippen LogP contribution in [0.4, 0.5) is 0 Å². The Morgan fingerprint density at radius 2 is 1.81 bits per heavy atom. The van der Waals surface area contributed by atoms with Gasteiger partial charge >= 0.3 is 5.97 Å². The van der Waals surface area contributed by atoms with Crippen LogP contribution in [-0.2, 0) is 28.5 Å². The lowest BCUT2D eigenvalue weighted by atomic mass is 9.37. The fourth-order valence-corrected chi connectivity index (χ4v) is 10.5. The van der Waals surface area contributed by atoms with Gasteiger partial charge in [0.2, 0.25) is 0 Å². The van der Waals surface area contributed by atoms with Crippen molar-refractivity contribution in [1.82, 2.24) is 0 Å². The van der Waals surface area contributed by atoms with Gasteiger partial charge in [-0.3, -0.25) is 9.59 Å². The fourth-order valence-electron chi connectivity index (χ4n) is 10.5. The summed E-state index contributed by atoms with van der Waals surface area (Å²) in [5.41, 5.74) is -1.75. The molecule has 1 aliphatic heterocycles. The van der Waals surface area contributed by atoms with E-state index in [2.05, 4.69) is 26.8 Å². The first-order chi connectivity index (χ1) is 19.4. The van der Waals surface area contributed by atoms with Crippen LogP contribution >= 0.6 is 0 Å². The minimum atomic E-state index is -0.838. The van der Waals surface area contributed by atoms with E-state index in [1.807, 2.05) is 33.8 Å². The molecule has 12 atom stereocenters. The van der Waals surface area contributed by atoms with Gasteiger partial charge in [-0.2, -0.15) is 0 Å². The number of ketones is 1. The van der Waals surface area contributed by atoms with Crippen LogP contribution in [0.5, 0.6) is 0 Å². The molecular weight excluding hydrogens is 536 g/mol. The maximum Gasteiger partial charge on any atom is 0.302 e. The number of carbonyl (C=O) groups is 2. The number of allylic oxidation sites excluding steroid dienone is 3. The first kappa shape index (κ1) is 31.8. The molecule has 0 amide bonds. The zero-order valence-corrected chi connectivity index (χ0v) is 27.1. The summed E-state index contributed by atoms with van der Waals surface area (Å²) in [7, 11) is 3.23. The third kappa shape index (κ3) is 4.33. The molecule has 5 aliphatic rings. The van der Waals surface area contributed by atoms with Crippen molar-refractivity contribution in [1.29, 1.82) is 0 Å². The average Bonchev–Trinajstić information content (AvgIpc) is 3.48. The van der Waals surface area contributed by atoms with Crippen molar-refractivity contribution in [2.45, 2.75) is 117 Å². The number of rotatable bonds is 6. The molecule has 5 rings (SSSR count). The Kier molecular flexibility index (Phi) is 7.75. The monoisotopic (exact) mass is 588 g/mol. The number of aliphatic hydroxyl groups is 2. The number of esters is 1. The zero-order chi connectivity index (χ0) is 31.2. The molecule has 42 heavy (non-hydrogen) atoms. The number of fused-ring (bicyclic) bond motifs is 5. The standard InChI is InChI=1S/C34H52O8/c1-18(35)41-22-17-33(7)20(19-15-21(42-29(19)39-9)28(38)31(4,5)40-10)11-12-23(33)34(8)26(37)16-24-30(2,3)25(36)13-14-32(24,6)27(22)34/h12-14,19-22,24,26-29,37-38H,11,15-17H2,1-10H3/t19-,20-,21+,22+,24-,26+,27+,28+,29+,32-,33-,34+/m0/s1. The van der Waals surface area contributed by atoms with Gasteiger partial charge in [0.25, 0.3) is 0 Å². The molecule has 0 bridgehead atoms. The van der Waals surface area contributed by atoms with E-state index in [0.717, 1.165) is 6.42 Å². The van der Waals surface area contributed by atoms with Gasteiger partial charge in [0, 0.05) is 43.8 Å². The average molecular weight is 589 g/mol. The SMILES string of the molecule is CO[C@@H]1O[C@@H]([C@@H](O)C(C)(C)OC)C[C@H]1[C@@H]1CC=C2[C@]3(C)[C@H](O)C[C@H]4C(C)(C)C(=O)C=C[C@]4(C)[C@H]3[C@H](OC(C)=O)C[C@]21C. The van der Waals surface area contributed by atoms with Crippen molar-refractivity contribution in [3.63, 3.8) is 0 Å². The highest BCUT2D eigenvalue weighted by Crippen LogP contribution is 2.72. The van der Waals surface area contributed by atoms with Gasteiger partial charge < -0.3 is 29.2 Å². The third-order valence-corrected chi connectivity index (χ3v) is 12.7. The molecule has 1 saturated heterocycles. The number of hydrogen-bond acceptors (Lipinski definition) is 8. The van der Waals surface area contributed by atoms with E-state index < -0.39 is 58.0 Å². The van der Waals surface area contributed by atoms with Crippen molar-refractivity contribution < 1.29 is 38.7 Å². The Balaban J connectivity index is 1.56. The quantitative estimate of drug-likeness (QED) is 0.342. The topological polar surface area (TPSA) is 112 Å². The molecule has 2 saturated carbocycles. The Morgan fingerprint density at radius 3 is 2.40 bits per heavy atom. The summed E-state index contributed by atoms with van der Waals surface area (Å²) < 4.78 is 24.0. The predicted octanol–water partition coefficient (Wildman–Crippen LogP) is 4.61. The molecule has 0 spiro atoms. The third-order valence-electron chi connectivity index (χ3n) is 12.7. The maximum atomic E-state index is 13.0. The Labute approximate surface area is 251 Å².